The van der Waals surface area contributed by atoms with E-state index in [-0.39, 0.29) is 23.0 Å². The molecule has 14 heavy (non-hydrogen) atoms. The first-order chi connectivity index (χ1) is 6.29. The fourth-order valence-electron chi connectivity index (χ4n) is 2.73. The number of hydrogen-bond donors (Lipinski definition) is 1. The first-order valence-electron chi connectivity index (χ1n) is 5.14. The third-order valence-corrected chi connectivity index (χ3v) is 3.44. The fraction of sp³-hybridized carbons (Fsp3) is 1.00. The summed E-state index contributed by atoms with van der Waals surface area (Å²) < 4.78 is 15.4. The van der Waals surface area contributed by atoms with Crippen molar-refractivity contribution in [2.24, 2.45) is 16.6 Å². The molecule has 1 saturated carbocycles. The topological polar surface area (TPSA) is 52.3 Å². The van der Waals surface area contributed by atoms with E-state index < -0.39 is 0 Å². The molecule has 0 bridgehead atoms. The van der Waals surface area contributed by atoms with E-state index in [4.69, 9.17) is 10.4 Å². The van der Waals surface area contributed by atoms with Crippen LogP contribution in [0.4, 0.5) is 0 Å². The quantitative estimate of drug-likeness (QED) is 0.682. The average Bonchev–Trinajstić information content (AvgIpc) is 1.99. The van der Waals surface area contributed by atoms with Crippen LogP contribution in [0.5, 0.6) is 0 Å². The van der Waals surface area contributed by atoms with Gasteiger partial charge < -0.3 is 0 Å². The van der Waals surface area contributed by atoms with E-state index in [0.717, 1.165) is 12.8 Å². The monoisotopic (exact) mass is 197 g/mol. The van der Waals surface area contributed by atoms with E-state index in [1.807, 2.05) is 0 Å². The van der Waals surface area contributed by atoms with Crippen LogP contribution < -0.4 is 5.73 Å². The number of nitrogens with two attached hydrogens (primary N) is 1. The molecule has 1 aliphatic carbocycles. The van der Waals surface area contributed by atoms with Crippen molar-refractivity contribution in [2.45, 2.75) is 52.7 Å². The summed E-state index contributed by atoms with van der Waals surface area (Å²) in [4.78, 5) is 0. The van der Waals surface area contributed by atoms with Crippen molar-refractivity contribution in [3.05, 3.63) is 0 Å². The zero-order chi connectivity index (χ0) is 11.0. The molecule has 1 fully saturated rings. The van der Waals surface area contributed by atoms with Gasteiger partial charge >= 0.3 is 86.0 Å². The first kappa shape index (κ1) is 11.7. The van der Waals surface area contributed by atoms with Gasteiger partial charge in [-0.1, -0.05) is 0 Å². The van der Waals surface area contributed by atoms with Crippen molar-refractivity contribution < 1.29 is 9.36 Å². The van der Waals surface area contributed by atoms with Crippen molar-refractivity contribution in [3.63, 3.8) is 0 Å². The van der Waals surface area contributed by atoms with Gasteiger partial charge in [-0.15, -0.1) is 0 Å². The molecule has 3 nitrogen and oxygen atoms in total. The Balaban J connectivity index is 2.80. The molecule has 0 aromatic rings. The van der Waals surface area contributed by atoms with Gasteiger partial charge in [0.15, 0.2) is 0 Å². The minimum atomic E-state index is 0.0253. The van der Waals surface area contributed by atoms with E-state index in [9.17, 15) is 4.70 Å². The summed E-state index contributed by atoms with van der Waals surface area (Å²) in [6.45, 7) is 8.55. The Morgan fingerprint density at radius 1 is 1.21 bits per heavy atom. The second-order valence-corrected chi connectivity index (χ2v) is 5.72. The van der Waals surface area contributed by atoms with Crippen LogP contribution >= 0.6 is 0 Å². The van der Waals surface area contributed by atoms with Crippen LogP contribution in [-0.4, -0.2) is 19.5 Å². The predicted molar refractivity (Wildman–Crippen MR) is 56.1 cm³/mol. The summed E-state index contributed by atoms with van der Waals surface area (Å²) in [6.07, 6.45) is 1.74. The van der Waals surface area contributed by atoms with Crippen molar-refractivity contribution in [3.8, 4) is 0 Å². The molecule has 80 valence electrons. The molecule has 0 aromatic heterocycles. The van der Waals surface area contributed by atoms with Gasteiger partial charge in [-0.3, -0.25) is 0 Å². The van der Waals surface area contributed by atoms with Crippen molar-refractivity contribution in [1.82, 2.24) is 0 Å². The molecular weight excluding hydrogens is 177 g/mol. The molecular formula is C10H20BNO2. The van der Waals surface area contributed by atoms with Gasteiger partial charge in [0, 0.05) is 0 Å². The summed E-state index contributed by atoms with van der Waals surface area (Å²) in [5.41, 5.74) is 6.28. The summed E-state index contributed by atoms with van der Waals surface area (Å²) >= 11 is 0. The van der Waals surface area contributed by atoms with Crippen LogP contribution in [0.2, 0.25) is 0 Å². The van der Waals surface area contributed by atoms with Crippen LogP contribution in [-0.2, 0) is 9.36 Å². The van der Waals surface area contributed by atoms with E-state index in [1.54, 1.807) is 0 Å². The Hall–Kier alpha value is -0.375. The Morgan fingerprint density at radius 3 is 2.00 bits per heavy atom. The summed E-state index contributed by atoms with van der Waals surface area (Å²) in [5.74, 6) is 0. The molecule has 0 saturated heterocycles. The summed E-state index contributed by atoms with van der Waals surface area (Å²) in [7, 11) is 0.549. The molecule has 4 heteroatoms. The van der Waals surface area contributed by atoms with Gasteiger partial charge in [-0.2, -0.15) is 0 Å². The van der Waals surface area contributed by atoms with Gasteiger partial charge in [0.05, 0.1) is 0 Å². The van der Waals surface area contributed by atoms with Gasteiger partial charge in [0.1, 0.15) is 0 Å². The molecule has 1 rings (SSSR count). The third-order valence-electron chi connectivity index (χ3n) is 3.44. The second kappa shape index (κ2) is 3.65. The van der Waals surface area contributed by atoms with Gasteiger partial charge in [-0.25, -0.2) is 0 Å². The number of hydrogen-bond acceptors (Lipinski definition) is 3. The van der Waals surface area contributed by atoms with Gasteiger partial charge in [-0.05, 0) is 0 Å². The normalized spacial score (nSPS) is 34.6. The summed E-state index contributed by atoms with van der Waals surface area (Å²) in [5, 5.41) is 0. The molecule has 1 aliphatic rings. The molecule has 2 N–H and O–H groups in total. The van der Waals surface area contributed by atoms with E-state index in [1.165, 1.54) is 0 Å². The molecule has 0 aliphatic heterocycles. The molecule has 0 aromatic carbocycles. The van der Waals surface area contributed by atoms with Crippen LogP contribution in [0.15, 0.2) is 0 Å². The van der Waals surface area contributed by atoms with E-state index in [2.05, 4.69) is 27.7 Å². The Labute approximate surface area is 86.7 Å². The van der Waals surface area contributed by atoms with E-state index >= 15 is 0 Å². The maximum atomic E-state index is 10.3. The standard InChI is InChI=1S/C10H20BNO2/c1-9(2)5-7(14-11-13)6-10(3,4)8(9)12/h7-8H,5-6,12H2,1-4H3. The zero-order valence-corrected chi connectivity index (χ0v) is 9.54. The van der Waals surface area contributed by atoms with Crippen molar-refractivity contribution in [2.75, 3.05) is 0 Å². The SMILES string of the molecule is CC1(C)CC(OB=O)CC(C)(C)C1N. The maximum absolute atomic E-state index is 10.3. The van der Waals surface area contributed by atoms with Gasteiger partial charge in [0.25, 0.3) is 0 Å². The third kappa shape index (κ3) is 2.16. The van der Waals surface area contributed by atoms with Crippen molar-refractivity contribution in [1.29, 1.82) is 0 Å². The van der Waals surface area contributed by atoms with Crippen molar-refractivity contribution >= 4 is 7.35 Å². The Kier molecular flexibility index (Phi) is 3.05. The summed E-state index contributed by atoms with van der Waals surface area (Å²) in [6, 6.07) is 0.154. The first-order valence-corrected chi connectivity index (χ1v) is 5.14. The van der Waals surface area contributed by atoms with E-state index in [0.29, 0.717) is 7.35 Å². The Bertz CT molecular complexity index is 210. The molecule has 0 amide bonds. The molecule has 0 atom stereocenters. The molecule has 0 radical (unpaired) electrons. The molecule has 0 heterocycles. The zero-order valence-electron chi connectivity index (χ0n) is 9.54. The molecule has 0 unspecified atom stereocenters. The second-order valence-electron chi connectivity index (χ2n) is 5.72. The molecule has 0 spiro atoms. The van der Waals surface area contributed by atoms with Crippen LogP contribution in [0.1, 0.15) is 40.5 Å². The van der Waals surface area contributed by atoms with Gasteiger partial charge in [0.2, 0.25) is 0 Å². The minimum absolute atomic E-state index is 0.0253. The number of rotatable bonds is 2. The Morgan fingerprint density at radius 2 is 1.64 bits per heavy atom. The predicted octanol–water partition coefficient (Wildman–Crippen LogP) is 1.51. The average molecular weight is 197 g/mol. The van der Waals surface area contributed by atoms with Crippen LogP contribution in [0, 0.1) is 10.8 Å². The van der Waals surface area contributed by atoms with Crippen LogP contribution in [0.25, 0.3) is 0 Å². The van der Waals surface area contributed by atoms with Crippen LogP contribution in [0.3, 0.4) is 0 Å². The fourth-order valence-corrected chi connectivity index (χ4v) is 2.73.